The Hall–Kier alpha value is -0.0800. The minimum Gasteiger partial charge on any atom is -0.327 e. The molecule has 0 radical (unpaired) electrons. The summed E-state index contributed by atoms with van der Waals surface area (Å²) in [7, 11) is 0. The van der Waals surface area contributed by atoms with Gasteiger partial charge in [0.1, 0.15) is 0 Å². The van der Waals surface area contributed by atoms with Gasteiger partial charge in [0.25, 0.3) is 0 Å². The number of nitrogens with two attached hydrogens (primary N) is 1. The minimum atomic E-state index is 0.289. The second kappa shape index (κ2) is 6.39. The molecule has 0 aliphatic carbocycles. The van der Waals surface area contributed by atoms with E-state index >= 15 is 0 Å². The second-order valence-electron chi connectivity index (χ2n) is 4.98. The van der Waals surface area contributed by atoms with Gasteiger partial charge < -0.3 is 10.6 Å². The second-order valence-corrected chi connectivity index (χ2v) is 4.98. The van der Waals surface area contributed by atoms with Gasteiger partial charge in [-0.15, -0.1) is 0 Å². The largest absolute Gasteiger partial charge is 0.327 e. The topological polar surface area (TPSA) is 29.3 Å². The summed E-state index contributed by atoms with van der Waals surface area (Å²) < 4.78 is 0. The molecule has 0 spiro atoms. The molecule has 0 fully saturated rings. The first-order valence-electron chi connectivity index (χ1n) is 5.39. The van der Waals surface area contributed by atoms with Crippen molar-refractivity contribution in [1.29, 1.82) is 0 Å². The molecule has 0 aromatic heterocycles. The quantitative estimate of drug-likeness (QED) is 0.687. The normalized spacial score (nSPS) is 14.5. The summed E-state index contributed by atoms with van der Waals surface area (Å²) in [6, 6.07) is 0.289. The molecule has 0 saturated heterocycles. The molecule has 0 aliphatic heterocycles. The Morgan fingerprint density at radius 2 is 1.23 bits per heavy atom. The number of hydrogen-bond acceptors (Lipinski definition) is 2. The highest BCUT2D eigenvalue weighted by Gasteiger charge is 2.10. The van der Waals surface area contributed by atoms with Crippen molar-refractivity contribution >= 4 is 0 Å². The predicted octanol–water partition coefficient (Wildman–Crippen LogP) is 1.95. The first-order valence-corrected chi connectivity index (χ1v) is 5.39. The summed E-state index contributed by atoms with van der Waals surface area (Å²) in [4.78, 5) is 2.47. The van der Waals surface area contributed by atoms with Gasteiger partial charge >= 0.3 is 0 Å². The highest BCUT2D eigenvalue weighted by Crippen LogP contribution is 2.03. The molecular weight excluding hydrogens is 160 g/mol. The summed E-state index contributed by atoms with van der Waals surface area (Å²) in [5.41, 5.74) is 5.80. The number of rotatable bonds is 6. The van der Waals surface area contributed by atoms with Crippen LogP contribution in [-0.2, 0) is 0 Å². The van der Waals surface area contributed by atoms with Crippen LogP contribution in [0.5, 0.6) is 0 Å². The molecule has 0 aliphatic rings. The van der Waals surface area contributed by atoms with Crippen LogP contribution < -0.4 is 5.73 Å². The summed E-state index contributed by atoms with van der Waals surface area (Å²) in [5, 5.41) is 0. The van der Waals surface area contributed by atoms with E-state index in [1.54, 1.807) is 0 Å². The summed E-state index contributed by atoms with van der Waals surface area (Å²) in [6.07, 6.45) is 0. The maximum atomic E-state index is 5.80. The van der Waals surface area contributed by atoms with Crippen LogP contribution in [0, 0.1) is 11.8 Å². The Bertz CT molecular complexity index is 95.5. The lowest BCUT2D eigenvalue weighted by atomic mass is 10.1. The van der Waals surface area contributed by atoms with Crippen molar-refractivity contribution in [3.05, 3.63) is 0 Å². The van der Waals surface area contributed by atoms with Crippen LogP contribution in [-0.4, -0.2) is 30.6 Å². The van der Waals surface area contributed by atoms with Gasteiger partial charge in [0.15, 0.2) is 0 Å². The van der Waals surface area contributed by atoms with Crippen molar-refractivity contribution in [1.82, 2.24) is 4.90 Å². The number of nitrogens with zero attached hydrogens (tertiary/aromatic N) is 1. The van der Waals surface area contributed by atoms with E-state index in [2.05, 4.69) is 39.5 Å². The van der Waals surface area contributed by atoms with Crippen molar-refractivity contribution < 1.29 is 0 Å². The molecule has 2 N–H and O–H groups in total. The van der Waals surface area contributed by atoms with Crippen LogP contribution in [0.3, 0.4) is 0 Å². The average molecular weight is 186 g/mol. The Kier molecular flexibility index (Phi) is 6.35. The van der Waals surface area contributed by atoms with E-state index < -0.39 is 0 Å². The fraction of sp³-hybridized carbons (Fsp3) is 1.00. The summed E-state index contributed by atoms with van der Waals surface area (Å²) in [6.45, 7) is 14.5. The van der Waals surface area contributed by atoms with Crippen LogP contribution in [0.2, 0.25) is 0 Å². The zero-order chi connectivity index (χ0) is 10.4. The molecule has 0 saturated carbocycles. The maximum Gasteiger partial charge on any atom is 0.0139 e. The van der Waals surface area contributed by atoms with Crippen molar-refractivity contribution in [2.45, 2.75) is 40.7 Å². The van der Waals surface area contributed by atoms with Crippen LogP contribution >= 0.6 is 0 Å². The standard InChI is InChI=1S/C11H26N2/c1-9(2)6-13(7-10(3)4)8-11(5)12/h9-11H,6-8,12H2,1-5H3/t11-/m0/s1. The van der Waals surface area contributed by atoms with Crippen molar-refractivity contribution in [2.75, 3.05) is 19.6 Å². The Morgan fingerprint density at radius 1 is 0.846 bits per heavy atom. The highest BCUT2D eigenvalue weighted by atomic mass is 15.1. The van der Waals surface area contributed by atoms with E-state index in [4.69, 9.17) is 5.73 Å². The lowest BCUT2D eigenvalue weighted by molar-refractivity contribution is 0.210. The zero-order valence-electron chi connectivity index (χ0n) is 9.88. The number of hydrogen-bond donors (Lipinski definition) is 1. The van der Waals surface area contributed by atoms with Gasteiger partial charge in [-0.25, -0.2) is 0 Å². The van der Waals surface area contributed by atoms with Crippen LogP contribution in [0.4, 0.5) is 0 Å². The smallest absolute Gasteiger partial charge is 0.0139 e. The molecule has 0 bridgehead atoms. The first-order chi connectivity index (χ1) is 5.91. The monoisotopic (exact) mass is 186 g/mol. The van der Waals surface area contributed by atoms with Crippen molar-refractivity contribution in [3.63, 3.8) is 0 Å². The summed E-state index contributed by atoms with van der Waals surface area (Å²) in [5.74, 6) is 1.47. The van der Waals surface area contributed by atoms with Crippen LogP contribution in [0.15, 0.2) is 0 Å². The zero-order valence-corrected chi connectivity index (χ0v) is 9.88. The molecule has 13 heavy (non-hydrogen) atoms. The van der Waals surface area contributed by atoms with Gasteiger partial charge in [-0.05, 0) is 18.8 Å². The van der Waals surface area contributed by atoms with Gasteiger partial charge in [-0.2, -0.15) is 0 Å². The van der Waals surface area contributed by atoms with E-state index in [1.807, 2.05) is 0 Å². The molecular formula is C11H26N2. The fourth-order valence-corrected chi connectivity index (χ4v) is 1.66. The van der Waals surface area contributed by atoms with Gasteiger partial charge in [0.05, 0.1) is 0 Å². The summed E-state index contributed by atoms with van der Waals surface area (Å²) >= 11 is 0. The molecule has 0 aromatic carbocycles. The third-order valence-corrected chi connectivity index (χ3v) is 1.79. The van der Waals surface area contributed by atoms with Gasteiger partial charge in [-0.1, -0.05) is 27.7 Å². The Balaban J connectivity index is 3.87. The molecule has 2 nitrogen and oxygen atoms in total. The average Bonchev–Trinajstić information content (AvgIpc) is 1.80. The van der Waals surface area contributed by atoms with Crippen molar-refractivity contribution in [3.8, 4) is 0 Å². The molecule has 0 unspecified atom stereocenters. The van der Waals surface area contributed by atoms with Gasteiger partial charge in [0, 0.05) is 25.7 Å². The molecule has 2 heteroatoms. The Labute approximate surface area is 83.5 Å². The third kappa shape index (κ3) is 8.26. The first kappa shape index (κ1) is 12.9. The van der Waals surface area contributed by atoms with E-state index in [0.29, 0.717) is 0 Å². The third-order valence-electron chi connectivity index (χ3n) is 1.79. The van der Waals surface area contributed by atoms with Crippen LogP contribution in [0.25, 0.3) is 0 Å². The van der Waals surface area contributed by atoms with E-state index in [-0.39, 0.29) is 6.04 Å². The SMILES string of the molecule is CC(C)CN(CC(C)C)C[C@H](C)N. The Morgan fingerprint density at radius 3 is 1.46 bits per heavy atom. The highest BCUT2D eigenvalue weighted by molar-refractivity contribution is 4.67. The minimum absolute atomic E-state index is 0.289. The lowest BCUT2D eigenvalue weighted by Gasteiger charge is -2.27. The molecule has 80 valence electrons. The van der Waals surface area contributed by atoms with Crippen LogP contribution in [0.1, 0.15) is 34.6 Å². The lowest BCUT2D eigenvalue weighted by Crippen LogP contribution is -2.39. The maximum absolute atomic E-state index is 5.80. The van der Waals surface area contributed by atoms with Crippen molar-refractivity contribution in [2.24, 2.45) is 17.6 Å². The molecule has 0 rings (SSSR count). The molecule has 0 heterocycles. The predicted molar refractivity (Wildman–Crippen MR) is 59.8 cm³/mol. The van der Waals surface area contributed by atoms with E-state index in [0.717, 1.165) is 18.4 Å². The molecule has 0 amide bonds. The fourth-order valence-electron chi connectivity index (χ4n) is 1.66. The van der Waals surface area contributed by atoms with Gasteiger partial charge in [-0.3, -0.25) is 0 Å². The van der Waals surface area contributed by atoms with Gasteiger partial charge in [0.2, 0.25) is 0 Å². The van der Waals surface area contributed by atoms with E-state index in [9.17, 15) is 0 Å². The van der Waals surface area contributed by atoms with E-state index in [1.165, 1.54) is 13.1 Å². The molecule has 0 aromatic rings. The molecule has 1 atom stereocenters.